The molecule has 12 heteroatoms. The lowest BCUT2D eigenvalue weighted by Gasteiger charge is -2.43. The van der Waals surface area contributed by atoms with E-state index in [2.05, 4.69) is 0 Å². The van der Waals surface area contributed by atoms with E-state index in [4.69, 9.17) is 33.2 Å². The molecule has 4 fully saturated rings. The van der Waals surface area contributed by atoms with Crippen LogP contribution < -0.4 is 0 Å². The summed E-state index contributed by atoms with van der Waals surface area (Å²) < 4.78 is 44.7. The predicted molar refractivity (Wildman–Crippen MR) is 184 cm³/mol. The molecule has 0 radical (unpaired) electrons. The van der Waals surface area contributed by atoms with E-state index in [0.717, 1.165) is 0 Å². The average Bonchev–Trinajstić information content (AvgIpc) is 3.59. The van der Waals surface area contributed by atoms with Crippen LogP contribution in [0.5, 0.6) is 0 Å². The fraction of sp³-hybridized carbons (Fsp3) is 0.575. The Kier molecular flexibility index (Phi) is 10.0. The van der Waals surface area contributed by atoms with E-state index in [1.807, 2.05) is 13.8 Å². The molecule has 280 valence electrons. The van der Waals surface area contributed by atoms with Crippen LogP contribution in [0.25, 0.3) is 0 Å². The Balaban J connectivity index is 1.54. The summed E-state index contributed by atoms with van der Waals surface area (Å²) in [6, 6.07) is 17.2. The lowest BCUT2D eigenvalue weighted by Crippen LogP contribution is -2.54. The number of rotatable bonds is 7. The molecule has 6 rings (SSSR count). The van der Waals surface area contributed by atoms with Gasteiger partial charge >= 0.3 is 29.8 Å². The number of epoxide rings is 1. The predicted octanol–water partition coefficient (Wildman–Crippen LogP) is 5.25. The van der Waals surface area contributed by atoms with Crippen LogP contribution in [0.3, 0.4) is 0 Å². The Hall–Kier alpha value is -4.29. The van der Waals surface area contributed by atoms with Crippen molar-refractivity contribution < 1.29 is 57.1 Å². The van der Waals surface area contributed by atoms with Crippen LogP contribution in [0, 0.1) is 23.2 Å². The SMILES string of the molecule is CC(=O)O[C@@H]1C[C@@H](OC(C)=O)[C@@]2(C)O[C@@H]2[C@H]2[C@@H](OC(=O)c3ccccc3)[C@@H](C)C[C@@]23O[C@@H]([C@H](C)[C@@H]3OC(=O)c2ccccc2)[C@H](OC(C)=O)C1(C)C. The first-order valence-corrected chi connectivity index (χ1v) is 17.9. The largest absolute Gasteiger partial charge is 0.462 e. The number of benzene rings is 2. The lowest BCUT2D eigenvalue weighted by molar-refractivity contribution is -0.201. The van der Waals surface area contributed by atoms with Crippen LogP contribution in [0.1, 0.15) is 88.9 Å². The summed E-state index contributed by atoms with van der Waals surface area (Å²) in [5, 5.41) is 0. The van der Waals surface area contributed by atoms with Gasteiger partial charge in [-0.1, -0.05) is 64.1 Å². The first-order valence-electron chi connectivity index (χ1n) is 17.9. The van der Waals surface area contributed by atoms with Crippen LogP contribution in [0.2, 0.25) is 0 Å². The second kappa shape index (κ2) is 13.9. The van der Waals surface area contributed by atoms with E-state index in [1.165, 1.54) is 20.8 Å². The van der Waals surface area contributed by atoms with Crippen molar-refractivity contribution in [3.05, 3.63) is 71.8 Å². The Labute approximate surface area is 303 Å². The Bertz CT molecular complexity index is 1690. The molecule has 2 aromatic carbocycles. The fourth-order valence-electron chi connectivity index (χ4n) is 8.98. The molecular formula is C40H48O12. The highest BCUT2D eigenvalue weighted by molar-refractivity contribution is 5.90. The molecule has 4 aliphatic rings. The number of carbonyl (C=O) groups excluding carboxylic acids is 5. The monoisotopic (exact) mass is 720 g/mol. The molecule has 52 heavy (non-hydrogen) atoms. The number of fused-ring (bicyclic) bond motifs is 3. The van der Waals surface area contributed by atoms with Crippen LogP contribution in [0.4, 0.5) is 0 Å². The molecule has 0 unspecified atom stereocenters. The number of esters is 5. The summed E-state index contributed by atoms with van der Waals surface area (Å²) in [5.74, 6) is -4.52. The maximum Gasteiger partial charge on any atom is 0.338 e. The molecule has 2 bridgehead atoms. The van der Waals surface area contributed by atoms with Crippen molar-refractivity contribution in [2.75, 3.05) is 0 Å². The van der Waals surface area contributed by atoms with Gasteiger partial charge in [0.25, 0.3) is 0 Å². The Morgan fingerprint density at radius 1 is 0.654 bits per heavy atom. The van der Waals surface area contributed by atoms with Gasteiger partial charge in [0.05, 0.1) is 17.0 Å². The summed E-state index contributed by atoms with van der Waals surface area (Å²) in [7, 11) is 0. The van der Waals surface area contributed by atoms with E-state index in [1.54, 1.807) is 81.4 Å². The van der Waals surface area contributed by atoms with Crippen LogP contribution >= 0.6 is 0 Å². The van der Waals surface area contributed by atoms with Gasteiger partial charge in [0.1, 0.15) is 53.9 Å². The van der Waals surface area contributed by atoms with Gasteiger partial charge in [0.15, 0.2) is 0 Å². The lowest BCUT2D eigenvalue weighted by atomic mass is 9.70. The molecule has 0 aromatic heterocycles. The van der Waals surface area contributed by atoms with E-state index < -0.39 is 101 Å². The molecule has 1 saturated carbocycles. The van der Waals surface area contributed by atoms with Crippen molar-refractivity contribution in [2.24, 2.45) is 23.2 Å². The van der Waals surface area contributed by atoms with Crippen molar-refractivity contribution >= 4 is 29.8 Å². The third kappa shape index (κ3) is 6.71. The molecule has 3 saturated heterocycles. The second-order valence-corrected chi connectivity index (χ2v) is 15.5. The number of ether oxygens (including phenoxy) is 7. The van der Waals surface area contributed by atoms with Crippen molar-refractivity contribution in [2.45, 2.75) is 122 Å². The average molecular weight is 721 g/mol. The molecule has 3 aliphatic heterocycles. The van der Waals surface area contributed by atoms with Gasteiger partial charge in [-0.15, -0.1) is 0 Å². The van der Waals surface area contributed by atoms with Gasteiger partial charge in [0, 0.05) is 38.5 Å². The molecule has 12 nitrogen and oxygen atoms in total. The van der Waals surface area contributed by atoms with Gasteiger partial charge in [-0.25, -0.2) is 9.59 Å². The molecule has 1 aliphatic carbocycles. The smallest absolute Gasteiger partial charge is 0.338 e. The maximum atomic E-state index is 13.9. The van der Waals surface area contributed by atoms with Crippen molar-refractivity contribution in [3.8, 4) is 0 Å². The highest BCUT2D eigenvalue weighted by Gasteiger charge is 2.77. The molecule has 1 spiro atoms. The second-order valence-electron chi connectivity index (χ2n) is 15.5. The topological polar surface area (TPSA) is 153 Å². The quantitative estimate of drug-likeness (QED) is 0.209. The van der Waals surface area contributed by atoms with E-state index in [-0.39, 0.29) is 18.8 Å². The van der Waals surface area contributed by atoms with Crippen LogP contribution in [-0.2, 0) is 47.5 Å². The minimum absolute atomic E-state index is 0.00813. The number of hydrogen-bond donors (Lipinski definition) is 0. The van der Waals surface area contributed by atoms with Crippen LogP contribution in [-0.4, -0.2) is 83.8 Å². The Morgan fingerprint density at radius 2 is 1.17 bits per heavy atom. The highest BCUT2D eigenvalue weighted by Crippen LogP contribution is 2.63. The third-order valence-corrected chi connectivity index (χ3v) is 11.5. The number of carbonyl (C=O) groups is 5. The van der Waals surface area contributed by atoms with Gasteiger partial charge < -0.3 is 33.2 Å². The minimum atomic E-state index is -1.32. The maximum absolute atomic E-state index is 13.9. The summed E-state index contributed by atoms with van der Waals surface area (Å²) >= 11 is 0. The standard InChI is InChI=1S/C40H48O12/c1-21-20-40-30(31(21)49-36(44)26-15-11-9-12-16-26)34-39(8,52-34)29(47-24(4)42)19-28(46-23(3)41)38(6,7)35(48-25(5)43)32(51-40)22(2)33(40)50-37(45)27-17-13-10-14-18-27/h9-18,21-22,28-35H,19-20H2,1-8H3/t21-,22-,28+,29+,30+,31-,32-,33-,34+,35-,39+,40+/m0/s1. The third-order valence-electron chi connectivity index (χ3n) is 11.5. The van der Waals surface area contributed by atoms with Crippen molar-refractivity contribution in [1.29, 1.82) is 0 Å². The van der Waals surface area contributed by atoms with Gasteiger partial charge in [-0.3, -0.25) is 14.4 Å². The van der Waals surface area contributed by atoms with Gasteiger partial charge in [0.2, 0.25) is 0 Å². The minimum Gasteiger partial charge on any atom is -0.462 e. The summed E-state index contributed by atoms with van der Waals surface area (Å²) in [6.07, 6.45) is -6.02. The van der Waals surface area contributed by atoms with Gasteiger partial charge in [-0.05, 0) is 43.5 Å². The molecule has 2 aromatic rings. The zero-order chi connectivity index (χ0) is 37.7. The molecule has 12 atom stereocenters. The summed E-state index contributed by atoms with van der Waals surface area (Å²) in [5.41, 5.74) is -2.94. The molecule has 3 heterocycles. The first-order chi connectivity index (χ1) is 24.5. The first kappa shape index (κ1) is 37.5. The summed E-state index contributed by atoms with van der Waals surface area (Å²) in [4.78, 5) is 65.8. The van der Waals surface area contributed by atoms with Crippen molar-refractivity contribution in [3.63, 3.8) is 0 Å². The zero-order valence-corrected chi connectivity index (χ0v) is 30.9. The molecular weight excluding hydrogens is 672 g/mol. The van der Waals surface area contributed by atoms with E-state index >= 15 is 0 Å². The molecule has 0 amide bonds. The van der Waals surface area contributed by atoms with E-state index in [9.17, 15) is 24.0 Å². The summed E-state index contributed by atoms with van der Waals surface area (Å²) in [6.45, 7) is 13.1. The van der Waals surface area contributed by atoms with E-state index in [0.29, 0.717) is 11.1 Å². The number of hydrogen-bond acceptors (Lipinski definition) is 12. The normalized spacial score (nSPS) is 37.2. The van der Waals surface area contributed by atoms with Crippen molar-refractivity contribution in [1.82, 2.24) is 0 Å². The fourth-order valence-corrected chi connectivity index (χ4v) is 8.98. The Morgan fingerprint density at radius 3 is 1.71 bits per heavy atom. The highest BCUT2D eigenvalue weighted by atomic mass is 16.7. The van der Waals surface area contributed by atoms with Crippen LogP contribution in [0.15, 0.2) is 60.7 Å². The molecule has 0 N–H and O–H groups in total. The zero-order valence-electron chi connectivity index (χ0n) is 30.9. The van der Waals surface area contributed by atoms with Gasteiger partial charge in [-0.2, -0.15) is 0 Å².